The third-order valence-electron chi connectivity index (χ3n) is 3.22. The van der Waals surface area contributed by atoms with Gasteiger partial charge in [0.25, 0.3) is 0 Å². The highest BCUT2D eigenvalue weighted by atomic mass is 16.5. The molecule has 0 aliphatic carbocycles. The SMILES string of the molecule is Cc1nn(-c2ccccc2)c(Oc2ccccc2)c1/C=N/N. The standard InChI is InChI=1S/C17H16N4O/c1-13-16(12-19-18)17(22-15-10-6-3-7-11-15)21(20-13)14-8-4-2-5-9-14/h2-12H,18H2,1H3/b19-12+. The van der Waals surface area contributed by atoms with Crippen LogP contribution in [0, 0.1) is 6.92 Å². The first kappa shape index (κ1) is 13.9. The van der Waals surface area contributed by atoms with Crippen molar-refractivity contribution in [3.63, 3.8) is 0 Å². The lowest BCUT2D eigenvalue weighted by molar-refractivity contribution is 0.444. The summed E-state index contributed by atoms with van der Waals surface area (Å²) in [5.41, 5.74) is 2.47. The number of rotatable bonds is 4. The van der Waals surface area contributed by atoms with Crippen molar-refractivity contribution in [2.45, 2.75) is 6.92 Å². The van der Waals surface area contributed by atoms with Crippen molar-refractivity contribution in [3.8, 4) is 17.3 Å². The largest absolute Gasteiger partial charge is 0.438 e. The first-order valence-electron chi connectivity index (χ1n) is 6.91. The van der Waals surface area contributed by atoms with Crippen LogP contribution in [0.3, 0.4) is 0 Å². The lowest BCUT2D eigenvalue weighted by Gasteiger charge is -2.09. The molecule has 1 heterocycles. The first-order valence-corrected chi connectivity index (χ1v) is 6.91. The third kappa shape index (κ3) is 2.69. The highest BCUT2D eigenvalue weighted by molar-refractivity contribution is 5.84. The Hall–Kier alpha value is -3.08. The van der Waals surface area contributed by atoms with E-state index < -0.39 is 0 Å². The Morgan fingerprint density at radius 3 is 2.32 bits per heavy atom. The van der Waals surface area contributed by atoms with E-state index in [0.717, 1.165) is 22.7 Å². The summed E-state index contributed by atoms with van der Waals surface area (Å²) in [7, 11) is 0. The molecule has 0 radical (unpaired) electrons. The van der Waals surface area contributed by atoms with Crippen LogP contribution in [0.25, 0.3) is 5.69 Å². The number of hydrazone groups is 1. The van der Waals surface area contributed by atoms with E-state index in [1.807, 2.05) is 67.6 Å². The molecular weight excluding hydrogens is 276 g/mol. The van der Waals surface area contributed by atoms with Crippen LogP contribution in [0.1, 0.15) is 11.3 Å². The van der Waals surface area contributed by atoms with Crippen molar-refractivity contribution in [2.75, 3.05) is 0 Å². The van der Waals surface area contributed by atoms with Crippen LogP contribution in [-0.2, 0) is 0 Å². The van der Waals surface area contributed by atoms with Gasteiger partial charge in [-0.2, -0.15) is 14.9 Å². The van der Waals surface area contributed by atoms with Crippen LogP contribution in [0.15, 0.2) is 65.8 Å². The van der Waals surface area contributed by atoms with Crippen molar-refractivity contribution >= 4 is 6.21 Å². The second-order valence-electron chi connectivity index (χ2n) is 4.74. The monoisotopic (exact) mass is 292 g/mol. The Morgan fingerprint density at radius 2 is 1.68 bits per heavy atom. The van der Waals surface area contributed by atoms with Crippen molar-refractivity contribution in [2.24, 2.45) is 10.9 Å². The number of benzene rings is 2. The van der Waals surface area contributed by atoms with Crippen molar-refractivity contribution in [3.05, 3.63) is 71.9 Å². The quantitative estimate of drug-likeness (QED) is 0.456. The maximum atomic E-state index is 6.02. The molecule has 0 fully saturated rings. The molecule has 0 unspecified atom stereocenters. The lowest BCUT2D eigenvalue weighted by atomic mass is 10.2. The number of ether oxygens (including phenoxy) is 1. The van der Waals surface area contributed by atoms with Gasteiger partial charge in [-0.1, -0.05) is 36.4 Å². The summed E-state index contributed by atoms with van der Waals surface area (Å²) in [6.45, 7) is 1.90. The van der Waals surface area contributed by atoms with Gasteiger partial charge in [0.2, 0.25) is 5.88 Å². The minimum absolute atomic E-state index is 0.587. The summed E-state index contributed by atoms with van der Waals surface area (Å²) in [4.78, 5) is 0. The Labute approximate surface area is 128 Å². The zero-order valence-electron chi connectivity index (χ0n) is 12.2. The molecule has 0 aliphatic rings. The molecule has 0 spiro atoms. The molecule has 0 bridgehead atoms. The van der Waals surface area contributed by atoms with Crippen LogP contribution >= 0.6 is 0 Å². The fraction of sp³-hybridized carbons (Fsp3) is 0.0588. The maximum Gasteiger partial charge on any atom is 0.231 e. The first-order chi connectivity index (χ1) is 10.8. The highest BCUT2D eigenvalue weighted by Crippen LogP contribution is 2.29. The van der Waals surface area contributed by atoms with Gasteiger partial charge in [0.1, 0.15) is 5.75 Å². The number of hydrogen-bond acceptors (Lipinski definition) is 4. The molecule has 2 N–H and O–H groups in total. The van der Waals surface area contributed by atoms with Gasteiger partial charge in [0.05, 0.1) is 23.2 Å². The average Bonchev–Trinajstić information content (AvgIpc) is 2.86. The molecule has 5 heteroatoms. The Balaban J connectivity index is 2.12. The second kappa shape index (κ2) is 6.13. The van der Waals surface area contributed by atoms with Gasteiger partial charge in [-0.3, -0.25) is 0 Å². The van der Waals surface area contributed by atoms with Gasteiger partial charge in [0, 0.05) is 0 Å². The normalized spacial score (nSPS) is 11.0. The summed E-state index contributed by atoms with van der Waals surface area (Å²) in [5, 5.41) is 8.16. The summed E-state index contributed by atoms with van der Waals surface area (Å²) >= 11 is 0. The molecule has 3 rings (SSSR count). The van der Waals surface area contributed by atoms with Gasteiger partial charge >= 0.3 is 0 Å². The van der Waals surface area contributed by atoms with Crippen molar-refractivity contribution in [1.29, 1.82) is 0 Å². The summed E-state index contributed by atoms with van der Waals surface area (Å²) in [5.74, 6) is 6.63. The maximum absolute atomic E-state index is 6.02. The molecule has 2 aromatic carbocycles. The fourth-order valence-electron chi connectivity index (χ4n) is 2.18. The number of nitrogens with two attached hydrogens (primary N) is 1. The summed E-state index contributed by atoms with van der Waals surface area (Å²) < 4.78 is 7.77. The van der Waals surface area contributed by atoms with Gasteiger partial charge in [-0.05, 0) is 31.2 Å². The van der Waals surface area contributed by atoms with Gasteiger partial charge in [-0.15, -0.1) is 0 Å². The van der Waals surface area contributed by atoms with E-state index in [-0.39, 0.29) is 0 Å². The van der Waals surface area contributed by atoms with Crippen molar-refractivity contribution in [1.82, 2.24) is 9.78 Å². The zero-order valence-corrected chi connectivity index (χ0v) is 12.2. The van der Waals surface area contributed by atoms with Gasteiger partial charge in [-0.25, -0.2) is 0 Å². The Kier molecular flexibility index (Phi) is 3.87. The van der Waals surface area contributed by atoms with E-state index in [0.29, 0.717) is 5.88 Å². The second-order valence-corrected chi connectivity index (χ2v) is 4.74. The predicted molar refractivity (Wildman–Crippen MR) is 86.6 cm³/mol. The molecule has 3 aromatic rings. The Morgan fingerprint density at radius 1 is 1.05 bits per heavy atom. The van der Waals surface area contributed by atoms with Gasteiger partial charge in [0.15, 0.2) is 0 Å². The lowest BCUT2D eigenvalue weighted by Crippen LogP contribution is -2.00. The number of aryl methyl sites for hydroxylation is 1. The molecule has 5 nitrogen and oxygen atoms in total. The average molecular weight is 292 g/mol. The van der Waals surface area contributed by atoms with E-state index in [9.17, 15) is 0 Å². The van der Waals surface area contributed by atoms with Crippen LogP contribution < -0.4 is 10.6 Å². The molecule has 110 valence electrons. The molecular formula is C17H16N4O. The summed E-state index contributed by atoms with van der Waals surface area (Å²) in [6, 6.07) is 19.4. The van der Waals surface area contributed by atoms with Crippen LogP contribution in [0.2, 0.25) is 0 Å². The third-order valence-corrected chi connectivity index (χ3v) is 3.22. The van der Waals surface area contributed by atoms with E-state index in [2.05, 4.69) is 10.2 Å². The van der Waals surface area contributed by atoms with Crippen molar-refractivity contribution < 1.29 is 4.74 Å². The molecule has 0 saturated heterocycles. The minimum Gasteiger partial charge on any atom is -0.438 e. The topological polar surface area (TPSA) is 65.4 Å². The van der Waals surface area contributed by atoms with Crippen LogP contribution in [-0.4, -0.2) is 16.0 Å². The highest BCUT2D eigenvalue weighted by Gasteiger charge is 2.17. The molecule has 1 aromatic heterocycles. The molecule has 22 heavy (non-hydrogen) atoms. The zero-order chi connectivity index (χ0) is 15.4. The van der Waals surface area contributed by atoms with E-state index in [4.69, 9.17) is 10.6 Å². The minimum atomic E-state index is 0.587. The summed E-state index contributed by atoms with van der Waals surface area (Å²) in [6.07, 6.45) is 1.56. The van der Waals surface area contributed by atoms with Gasteiger partial charge < -0.3 is 10.6 Å². The molecule has 0 saturated carbocycles. The van der Waals surface area contributed by atoms with E-state index >= 15 is 0 Å². The number of para-hydroxylation sites is 2. The fourth-order valence-corrected chi connectivity index (χ4v) is 2.18. The number of hydrogen-bond donors (Lipinski definition) is 1. The molecule has 0 amide bonds. The van der Waals surface area contributed by atoms with E-state index in [1.165, 1.54) is 0 Å². The predicted octanol–water partition coefficient (Wildman–Crippen LogP) is 3.27. The molecule has 0 aliphatic heterocycles. The number of aromatic nitrogens is 2. The van der Waals surface area contributed by atoms with E-state index in [1.54, 1.807) is 10.9 Å². The molecule has 0 atom stereocenters. The Bertz CT molecular complexity index is 779. The van der Waals surface area contributed by atoms with Crippen LogP contribution in [0.4, 0.5) is 0 Å². The number of nitrogens with zero attached hydrogens (tertiary/aromatic N) is 3. The van der Waals surface area contributed by atoms with Crippen LogP contribution in [0.5, 0.6) is 11.6 Å². The smallest absolute Gasteiger partial charge is 0.231 e.